The van der Waals surface area contributed by atoms with Crippen molar-refractivity contribution in [3.63, 3.8) is 0 Å². The van der Waals surface area contributed by atoms with Crippen LogP contribution in [0.5, 0.6) is 17.4 Å². The molecule has 1 fully saturated rings. The van der Waals surface area contributed by atoms with Gasteiger partial charge < -0.3 is 24.9 Å². The Morgan fingerprint density at radius 1 is 1.18 bits per heavy atom. The first-order valence-corrected chi connectivity index (χ1v) is 10.9. The molecule has 1 aliphatic carbocycles. The van der Waals surface area contributed by atoms with Crippen molar-refractivity contribution < 1.29 is 18.7 Å². The lowest BCUT2D eigenvalue weighted by Gasteiger charge is -2.11. The highest BCUT2D eigenvalue weighted by atomic mass is 16.5. The maximum Gasteiger partial charge on any atom is 0.312 e. The number of urea groups is 1. The molecule has 0 aliphatic heterocycles. The number of carbonyl (C=O) groups is 1. The van der Waals surface area contributed by atoms with Crippen molar-refractivity contribution in [2.45, 2.75) is 25.8 Å². The molecule has 1 aliphatic rings. The van der Waals surface area contributed by atoms with Crippen LogP contribution < -0.4 is 20.5 Å². The molecule has 2 aromatic carbocycles. The standard InChI is InChI=1S/C25H24N4O4/c1-15(28-25(26)30)17-7-9-21-22(11-17)33-24(29-21)18-8-10-23(27-13-18)32-20-4-2-3-19(12-20)31-14-16-5-6-16/h2-4,7-13,15-16H,5-6,14H2,1H3,(H3,26,28,30)/t15-/m0/s1. The van der Waals surface area contributed by atoms with Crippen LogP contribution >= 0.6 is 0 Å². The topological polar surface area (TPSA) is 112 Å². The third-order valence-electron chi connectivity index (χ3n) is 5.47. The maximum absolute atomic E-state index is 11.1. The molecule has 2 heterocycles. The number of aromatic nitrogens is 2. The van der Waals surface area contributed by atoms with E-state index < -0.39 is 6.03 Å². The predicted octanol–water partition coefficient (Wildman–Crippen LogP) is 5.20. The molecule has 0 saturated heterocycles. The minimum Gasteiger partial charge on any atom is -0.493 e. The van der Waals surface area contributed by atoms with E-state index in [0.717, 1.165) is 23.5 Å². The van der Waals surface area contributed by atoms with Crippen LogP contribution in [0, 0.1) is 5.92 Å². The zero-order valence-electron chi connectivity index (χ0n) is 18.2. The molecular formula is C25H24N4O4. The molecule has 1 saturated carbocycles. The zero-order valence-corrected chi connectivity index (χ0v) is 18.2. The Morgan fingerprint density at radius 2 is 2.03 bits per heavy atom. The summed E-state index contributed by atoms with van der Waals surface area (Å²) in [4.78, 5) is 20.0. The van der Waals surface area contributed by atoms with Crippen molar-refractivity contribution in [1.29, 1.82) is 0 Å². The van der Waals surface area contributed by atoms with Gasteiger partial charge in [-0.15, -0.1) is 0 Å². The first-order chi connectivity index (χ1) is 16.0. The number of benzene rings is 2. The number of hydrogen-bond acceptors (Lipinski definition) is 6. The molecule has 0 radical (unpaired) electrons. The molecule has 0 bridgehead atoms. The summed E-state index contributed by atoms with van der Waals surface area (Å²) >= 11 is 0. The van der Waals surface area contributed by atoms with E-state index >= 15 is 0 Å². The second-order valence-electron chi connectivity index (χ2n) is 8.19. The van der Waals surface area contributed by atoms with E-state index in [1.54, 1.807) is 12.3 Å². The molecule has 33 heavy (non-hydrogen) atoms. The smallest absolute Gasteiger partial charge is 0.312 e. The lowest BCUT2D eigenvalue weighted by molar-refractivity contribution is 0.246. The van der Waals surface area contributed by atoms with Gasteiger partial charge >= 0.3 is 6.03 Å². The second kappa shape index (κ2) is 8.82. The summed E-state index contributed by atoms with van der Waals surface area (Å²) in [5.41, 5.74) is 8.13. The van der Waals surface area contributed by atoms with E-state index in [2.05, 4.69) is 15.3 Å². The van der Waals surface area contributed by atoms with Gasteiger partial charge in [-0.3, -0.25) is 0 Å². The number of fused-ring (bicyclic) bond motifs is 1. The van der Waals surface area contributed by atoms with E-state index in [4.69, 9.17) is 19.6 Å². The summed E-state index contributed by atoms with van der Waals surface area (Å²) in [6.07, 6.45) is 4.16. The van der Waals surface area contributed by atoms with Crippen molar-refractivity contribution >= 4 is 17.1 Å². The normalized spacial score (nSPS) is 14.1. The Bertz CT molecular complexity index is 1280. The van der Waals surface area contributed by atoms with Crippen LogP contribution in [0.15, 0.2) is 65.2 Å². The largest absolute Gasteiger partial charge is 0.493 e. The van der Waals surface area contributed by atoms with Gasteiger partial charge in [-0.05, 0) is 61.6 Å². The first kappa shape index (κ1) is 20.8. The van der Waals surface area contributed by atoms with Gasteiger partial charge in [-0.2, -0.15) is 0 Å². The fraction of sp³-hybridized carbons (Fsp3) is 0.240. The third-order valence-corrected chi connectivity index (χ3v) is 5.47. The lowest BCUT2D eigenvalue weighted by Crippen LogP contribution is -2.31. The van der Waals surface area contributed by atoms with Crippen molar-refractivity contribution in [3.05, 3.63) is 66.4 Å². The lowest BCUT2D eigenvalue weighted by atomic mass is 10.1. The Balaban J connectivity index is 1.29. The number of hydrogen-bond donors (Lipinski definition) is 2. The number of nitrogens with one attached hydrogen (secondary N) is 1. The molecular weight excluding hydrogens is 420 g/mol. The van der Waals surface area contributed by atoms with E-state index in [9.17, 15) is 4.79 Å². The summed E-state index contributed by atoms with van der Waals surface area (Å²) in [6.45, 7) is 2.60. The molecule has 0 unspecified atom stereocenters. The molecule has 4 aromatic rings. The van der Waals surface area contributed by atoms with Gasteiger partial charge in [0.05, 0.1) is 18.2 Å². The zero-order chi connectivity index (χ0) is 22.8. The molecule has 1 atom stereocenters. The number of pyridine rings is 1. The number of nitrogens with zero attached hydrogens (tertiary/aromatic N) is 2. The summed E-state index contributed by atoms with van der Waals surface area (Å²) in [5, 5.41) is 2.65. The minimum absolute atomic E-state index is 0.240. The van der Waals surface area contributed by atoms with Crippen molar-refractivity contribution in [3.8, 4) is 28.8 Å². The highest BCUT2D eigenvalue weighted by Gasteiger charge is 2.22. The molecule has 168 valence electrons. The molecule has 3 N–H and O–H groups in total. The van der Waals surface area contributed by atoms with Gasteiger partial charge in [0.25, 0.3) is 0 Å². The van der Waals surface area contributed by atoms with Gasteiger partial charge in [0.2, 0.25) is 11.8 Å². The average molecular weight is 444 g/mol. The summed E-state index contributed by atoms with van der Waals surface area (Å²) in [5.74, 6) is 3.06. The van der Waals surface area contributed by atoms with Gasteiger partial charge in [-0.25, -0.2) is 14.8 Å². The van der Waals surface area contributed by atoms with Crippen LogP contribution in [0.1, 0.15) is 31.4 Å². The molecule has 8 heteroatoms. The van der Waals surface area contributed by atoms with E-state index in [-0.39, 0.29) is 6.04 Å². The van der Waals surface area contributed by atoms with E-state index in [0.29, 0.717) is 34.5 Å². The number of oxazole rings is 1. The Morgan fingerprint density at radius 3 is 2.79 bits per heavy atom. The Kier molecular flexibility index (Phi) is 5.56. The van der Waals surface area contributed by atoms with Crippen LogP contribution in [0.3, 0.4) is 0 Å². The second-order valence-corrected chi connectivity index (χ2v) is 8.19. The van der Waals surface area contributed by atoms with Gasteiger partial charge in [0.1, 0.15) is 17.0 Å². The highest BCUT2D eigenvalue weighted by molar-refractivity contribution is 5.77. The van der Waals surface area contributed by atoms with Crippen LogP contribution in [0.4, 0.5) is 4.79 Å². The van der Waals surface area contributed by atoms with Crippen LogP contribution in [0.2, 0.25) is 0 Å². The molecule has 0 spiro atoms. The van der Waals surface area contributed by atoms with Crippen LogP contribution in [-0.2, 0) is 0 Å². The fourth-order valence-electron chi connectivity index (χ4n) is 3.44. The summed E-state index contributed by atoms with van der Waals surface area (Å²) < 4.78 is 17.6. The summed E-state index contributed by atoms with van der Waals surface area (Å²) in [6, 6.07) is 15.9. The fourth-order valence-corrected chi connectivity index (χ4v) is 3.44. The molecule has 5 rings (SSSR count). The van der Waals surface area contributed by atoms with Gasteiger partial charge in [0, 0.05) is 18.3 Å². The quantitative estimate of drug-likeness (QED) is 0.386. The number of nitrogens with two attached hydrogens (primary N) is 1. The monoisotopic (exact) mass is 444 g/mol. The Hall–Kier alpha value is -4.07. The average Bonchev–Trinajstić information content (AvgIpc) is 3.54. The predicted molar refractivity (Wildman–Crippen MR) is 123 cm³/mol. The van der Waals surface area contributed by atoms with Gasteiger partial charge in [0.15, 0.2) is 5.58 Å². The summed E-state index contributed by atoms with van der Waals surface area (Å²) in [7, 11) is 0. The van der Waals surface area contributed by atoms with Crippen molar-refractivity contribution in [1.82, 2.24) is 15.3 Å². The SMILES string of the molecule is C[C@H](NC(N)=O)c1ccc2nc(-c3ccc(Oc4cccc(OCC5CC5)c4)nc3)oc2c1. The highest BCUT2D eigenvalue weighted by Crippen LogP contribution is 2.31. The molecule has 2 aromatic heterocycles. The Labute approximate surface area is 190 Å². The van der Waals surface area contributed by atoms with Gasteiger partial charge in [-0.1, -0.05) is 12.1 Å². The molecule has 8 nitrogen and oxygen atoms in total. The number of ether oxygens (including phenoxy) is 2. The molecule has 2 amide bonds. The van der Waals surface area contributed by atoms with E-state index in [1.165, 1.54) is 12.8 Å². The maximum atomic E-state index is 11.1. The van der Waals surface area contributed by atoms with Crippen molar-refractivity contribution in [2.75, 3.05) is 6.61 Å². The van der Waals surface area contributed by atoms with Crippen molar-refractivity contribution in [2.24, 2.45) is 11.7 Å². The minimum atomic E-state index is -0.577. The third kappa shape index (κ3) is 5.06. The number of primary amides is 1. The van der Waals surface area contributed by atoms with Crippen LogP contribution in [-0.4, -0.2) is 22.6 Å². The number of rotatable bonds is 8. The first-order valence-electron chi connectivity index (χ1n) is 10.9. The van der Waals surface area contributed by atoms with Crippen LogP contribution in [0.25, 0.3) is 22.6 Å². The van der Waals surface area contributed by atoms with E-state index in [1.807, 2.05) is 55.5 Å². The number of amides is 2. The number of carbonyl (C=O) groups excluding carboxylic acids is 1.